The Balaban J connectivity index is 2.38. The van der Waals surface area contributed by atoms with Crippen molar-refractivity contribution < 1.29 is 9.13 Å². The highest BCUT2D eigenvalue weighted by Gasteiger charge is 1.98. The Morgan fingerprint density at radius 1 is 1.40 bits per heavy atom. The molecule has 0 aliphatic carbocycles. The van der Waals surface area contributed by atoms with Gasteiger partial charge in [-0.1, -0.05) is 46.9 Å². The molecular weight excluding hydrogens is 306 g/mol. The van der Waals surface area contributed by atoms with Gasteiger partial charge in [0.2, 0.25) is 0 Å². The van der Waals surface area contributed by atoms with Gasteiger partial charge < -0.3 is 4.74 Å². The van der Waals surface area contributed by atoms with Crippen molar-refractivity contribution in [1.29, 1.82) is 0 Å². The van der Waals surface area contributed by atoms with Crippen LogP contribution in [0.15, 0.2) is 30.4 Å². The topological polar surface area (TPSA) is 9.23 Å². The third kappa shape index (κ3) is 4.75. The molecule has 82 valence electrons. The molecule has 0 aliphatic rings. The predicted molar refractivity (Wildman–Crippen MR) is 68.8 cm³/mol. The van der Waals surface area contributed by atoms with Crippen LogP contribution in [-0.2, 0) is 11.3 Å². The molecule has 0 spiro atoms. The van der Waals surface area contributed by atoms with Gasteiger partial charge in [-0.2, -0.15) is 0 Å². The van der Waals surface area contributed by atoms with E-state index in [2.05, 4.69) is 28.7 Å². The van der Waals surface area contributed by atoms with Gasteiger partial charge in [-0.3, -0.25) is 0 Å². The monoisotopic (exact) mass is 320 g/mol. The van der Waals surface area contributed by atoms with Gasteiger partial charge in [0.05, 0.1) is 13.2 Å². The fraction of sp³-hybridized carbons (Fsp3) is 0.333. The number of alkyl halides is 1. The molecule has 0 heterocycles. The molecule has 1 aromatic rings. The maximum Gasteiger partial charge on any atom is 0.126 e. The van der Waals surface area contributed by atoms with Crippen molar-refractivity contribution in [3.8, 4) is 0 Å². The molecule has 0 bridgehead atoms. The van der Waals surface area contributed by atoms with Crippen molar-refractivity contribution in [2.45, 2.75) is 13.5 Å². The van der Waals surface area contributed by atoms with Gasteiger partial charge in [0.25, 0.3) is 0 Å². The number of hydrogen-bond donors (Lipinski definition) is 0. The Hall–Kier alpha value is -0.420. The zero-order chi connectivity index (χ0) is 11.1. The van der Waals surface area contributed by atoms with Gasteiger partial charge in [-0.05, 0) is 24.1 Å². The number of aryl methyl sites for hydroxylation is 1. The first-order valence-corrected chi connectivity index (χ1v) is 6.30. The van der Waals surface area contributed by atoms with E-state index in [1.807, 2.05) is 12.1 Å². The summed E-state index contributed by atoms with van der Waals surface area (Å²) in [5.74, 6) is -0.163. The molecule has 0 amide bonds. The van der Waals surface area contributed by atoms with Crippen molar-refractivity contribution in [1.82, 2.24) is 0 Å². The third-order valence-electron chi connectivity index (χ3n) is 1.96. The minimum Gasteiger partial charge on any atom is -0.373 e. The standard InChI is InChI=1S/C12H14FIO/c1-10-8-11(4-5-12(10)13)9-15-7-3-2-6-14/h2-5,8H,6-7,9H2,1H3/b3-2+. The van der Waals surface area contributed by atoms with Gasteiger partial charge in [-0.15, -0.1) is 0 Å². The molecule has 0 N–H and O–H groups in total. The lowest BCUT2D eigenvalue weighted by Crippen LogP contribution is -1.94. The fourth-order valence-electron chi connectivity index (χ4n) is 1.17. The molecule has 0 saturated carbocycles. The van der Waals surface area contributed by atoms with E-state index < -0.39 is 0 Å². The summed E-state index contributed by atoms with van der Waals surface area (Å²) in [5, 5.41) is 0. The molecule has 0 aliphatic heterocycles. The largest absolute Gasteiger partial charge is 0.373 e. The molecule has 0 atom stereocenters. The lowest BCUT2D eigenvalue weighted by Gasteiger charge is -2.03. The van der Waals surface area contributed by atoms with Crippen LogP contribution in [0.3, 0.4) is 0 Å². The molecular formula is C12H14FIO. The number of rotatable bonds is 5. The number of hydrogen-bond acceptors (Lipinski definition) is 1. The molecule has 0 saturated heterocycles. The maximum absolute atomic E-state index is 12.9. The fourth-order valence-corrected chi connectivity index (χ4v) is 1.53. The van der Waals surface area contributed by atoms with E-state index in [1.165, 1.54) is 6.07 Å². The second-order valence-electron chi connectivity index (χ2n) is 3.22. The van der Waals surface area contributed by atoms with E-state index in [9.17, 15) is 4.39 Å². The Morgan fingerprint density at radius 3 is 2.87 bits per heavy atom. The first-order valence-electron chi connectivity index (χ1n) is 4.78. The summed E-state index contributed by atoms with van der Waals surface area (Å²) >= 11 is 2.27. The summed E-state index contributed by atoms with van der Waals surface area (Å²) < 4.78 is 19.3. The molecule has 0 aromatic heterocycles. The van der Waals surface area contributed by atoms with Crippen LogP contribution in [0.2, 0.25) is 0 Å². The number of benzene rings is 1. The van der Waals surface area contributed by atoms with E-state index in [-0.39, 0.29) is 5.82 Å². The van der Waals surface area contributed by atoms with Gasteiger partial charge in [0.15, 0.2) is 0 Å². The first kappa shape index (κ1) is 12.6. The Kier molecular flexibility index (Phi) is 5.86. The Morgan fingerprint density at radius 2 is 2.20 bits per heavy atom. The highest BCUT2D eigenvalue weighted by Crippen LogP contribution is 2.09. The van der Waals surface area contributed by atoms with Crippen LogP contribution in [0.5, 0.6) is 0 Å². The molecule has 0 fully saturated rings. The summed E-state index contributed by atoms with van der Waals surface area (Å²) in [6, 6.07) is 5.05. The predicted octanol–water partition coefficient (Wildman–Crippen LogP) is 3.64. The first-order chi connectivity index (χ1) is 7.24. The average Bonchev–Trinajstić information content (AvgIpc) is 2.23. The second-order valence-corrected chi connectivity index (χ2v) is 4.11. The SMILES string of the molecule is Cc1cc(COC/C=C/CI)ccc1F. The minimum absolute atomic E-state index is 0.163. The summed E-state index contributed by atoms with van der Waals surface area (Å²) in [5.41, 5.74) is 1.68. The summed E-state index contributed by atoms with van der Waals surface area (Å²) in [7, 11) is 0. The Bertz CT molecular complexity index is 336. The zero-order valence-corrected chi connectivity index (χ0v) is 10.8. The van der Waals surface area contributed by atoms with Gasteiger partial charge in [0, 0.05) is 4.43 Å². The van der Waals surface area contributed by atoms with Crippen LogP contribution in [0.4, 0.5) is 4.39 Å². The molecule has 1 aromatic carbocycles. The van der Waals surface area contributed by atoms with Crippen LogP contribution in [0.1, 0.15) is 11.1 Å². The summed E-state index contributed by atoms with van der Waals surface area (Å²) in [6.07, 6.45) is 4.04. The van der Waals surface area contributed by atoms with Crippen molar-refractivity contribution >= 4 is 22.6 Å². The number of ether oxygens (including phenoxy) is 1. The van der Waals surface area contributed by atoms with Crippen LogP contribution < -0.4 is 0 Å². The quantitative estimate of drug-likeness (QED) is 0.348. The smallest absolute Gasteiger partial charge is 0.126 e. The van der Waals surface area contributed by atoms with E-state index in [4.69, 9.17) is 4.74 Å². The highest BCUT2D eigenvalue weighted by molar-refractivity contribution is 14.1. The number of allylic oxidation sites excluding steroid dienone is 1. The lowest BCUT2D eigenvalue weighted by atomic mass is 10.1. The van der Waals surface area contributed by atoms with E-state index >= 15 is 0 Å². The molecule has 3 heteroatoms. The summed E-state index contributed by atoms with van der Waals surface area (Å²) in [4.78, 5) is 0. The van der Waals surface area contributed by atoms with E-state index in [0.717, 1.165) is 9.99 Å². The number of halogens is 2. The Labute approximate surface area is 103 Å². The normalized spacial score (nSPS) is 11.1. The molecule has 15 heavy (non-hydrogen) atoms. The van der Waals surface area contributed by atoms with Crippen LogP contribution in [0.25, 0.3) is 0 Å². The third-order valence-corrected chi connectivity index (χ3v) is 2.47. The van der Waals surface area contributed by atoms with Crippen LogP contribution in [-0.4, -0.2) is 11.0 Å². The van der Waals surface area contributed by atoms with Crippen molar-refractivity contribution in [2.75, 3.05) is 11.0 Å². The zero-order valence-electron chi connectivity index (χ0n) is 8.67. The van der Waals surface area contributed by atoms with Gasteiger partial charge in [-0.25, -0.2) is 4.39 Å². The molecule has 1 rings (SSSR count). The van der Waals surface area contributed by atoms with Crippen LogP contribution >= 0.6 is 22.6 Å². The molecule has 0 radical (unpaired) electrons. The van der Waals surface area contributed by atoms with Crippen molar-refractivity contribution in [3.63, 3.8) is 0 Å². The second kappa shape index (κ2) is 6.95. The molecule has 0 unspecified atom stereocenters. The van der Waals surface area contributed by atoms with E-state index in [1.54, 1.807) is 13.0 Å². The van der Waals surface area contributed by atoms with Gasteiger partial charge in [0.1, 0.15) is 5.82 Å². The van der Waals surface area contributed by atoms with Crippen molar-refractivity contribution in [2.24, 2.45) is 0 Å². The van der Waals surface area contributed by atoms with E-state index in [0.29, 0.717) is 18.8 Å². The lowest BCUT2D eigenvalue weighted by molar-refractivity contribution is 0.148. The maximum atomic E-state index is 12.9. The average molecular weight is 320 g/mol. The van der Waals surface area contributed by atoms with Gasteiger partial charge >= 0.3 is 0 Å². The summed E-state index contributed by atoms with van der Waals surface area (Å²) in [6.45, 7) is 2.90. The van der Waals surface area contributed by atoms with Crippen LogP contribution in [0, 0.1) is 12.7 Å². The molecule has 1 nitrogen and oxygen atoms in total. The van der Waals surface area contributed by atoms with Crippen molar-refractivity contribution in [3.05, 3.63) is 47.3 Å². The highest BCUT2D eigenvalue weighted by atomic mass is 127. The minimum atomic E-state index is -0.163.